The number of anilines is 1. The zero-order valence-electron chi connectivity index (χ0n) is 11.1. The van der Waals surface area contributed by atoms with Crippen molar-refractivity contribution in [1.82, 2.24) is 4.98 Å². The number of nitriles is 1. The summed E-state index contributed by atoms with van der Waals surface area (Å²) in [6.45, 7) is 2.66. The highest BCUT2D eigenvalue weighted by Crippen LogP contribution is 2.25. The molecule has 4 heteroatoms. The normalized spacial score (nSPS) is 10.4. The summed E-state index contributed by atoms with van der Waals surface area (Å²) in [5, 5.41) is 13.5. The average Bonchev–Trinajstić information content (AvgIpc) is 2.84. The lowest BCUT2D eigenvalue weighted by molar-refractivity contribution is 1.14. The van der Waals surface area contributed by atoms with Gasteiger partial charge in [0, 0.05) is 12.2 Å². The maximum absolute atomic E-state index is 9.08. The summed E-state index contributed by atoms with van der Waals surface area (Å²) in [4.78, 5) is 4.45. The topological polar surface area (TPSA) is 48.7 Å². The molecule has 3 nitrogen and oxygen atoms in total. The number of aromatic nitrogens is 1. The van der Waals surface area contributed by atoms with Crippen LogP contribution in [0.2, 0.25) is 0 Å². The van der Waals surface area contributed by atoms with Gasteiger partial charge in [0.15, 0.2) is 0 Å². The number of thiazole rings is 1. The predicted molar refractivity (Wildman–Crippen MR) is 82.8 cm³/mol. The Morgan fingerprint density at radius 1 is 1.25 bits per heavy atom. The van der Waals surface area contributed by atoms with Crippen LogP contribution in [0.3, 0.4) is 0 Å². The van der Waals surface area contributed by atoms with E-state index in [1.54, 1.807) is 11.3 Å². The van der Waals surface area contributed by atoms with Crippen LogP contribution >= 0.6 is 11.3 Å². The van der Waals surface area contributed by atoms with Gasteiger partial charge in [-0.3, -0.25) is 0 Å². The first kappa shape index (κ1) is 12.6. The van der Waals surface area contributed by atoms with Crippen LogP contribution in [-0.4, -0.2) is 4.98 Å². The molecule has 1 heterocycles. The van der Waals surface area contributed by atoms with Gasteiger partial charge in [0.1, 0.15) is 0 Å². The molecule has 20 heavy (non-hydrogen) atoms. The van der Waals surface area contributed by atoms with E-state index in [1.807, 2.05) is 43.3 Å². The van der Waals surface area contributed by atoms with Gasteiger partial charge in [-0.05, 0) is 36.8 Å². The number of hydrogen-bond donors (Lipinski definition) is 1. The number of fused-ring (bicyclic) bond motifs is 1. The molecule has 0 saturated carbocycles. The number of rotatable bonds is 3. The Bertz CT molecular complexity index is 799. The number of nitrogens with zero attached hydrogens (tertiary/aromatic N) is 2. The van der Waals surface area contributed by atoms with Gasteiger partial charge in [0.05, 0.1) is 26.9 Å². The average molecular weight is 279 g/mol. The highest BCUT2D eigenvalue weighted by Gasteiger charge is 2.03. The maximum Gasteiger partial charge on any atom is 0.0995 e. The van der Waals surface area contributed by atoms with E-state index in [-0.39, 0.29) is 0 Å². The molecule has 3 aromatic rings. The molecule has 98 valence electrons. The Morgan fingerprint density at radius 3 is 2.95 bits per heavy atom. The summed E-state index contributed by atoms with van der Waals surface area (Å²) >= 11 is 1.69. The lowest BCUT2D eigenvalue weighted by Gasteiger charge is -2.07. The number of benzene rings is 2. The second kappa shape index (κ2) is 5.32. The van der Waals surface area contributed by atoms with Crippen LogP contribution in [0.15, 0.2) is 42.5 Å². The molecule has 0 unspecified atom stereocenters. The molecular formula is C16H13N3S. The van der Waals surface area contributed by atoms with Gasteiger partial charge in [-0.1, -0.05) is 18.2 Å². The smallest absolute Gasteiger partial charge is 0.0995 e. The van der Waals surface area contributed by atoms with Crippen LogP contribution in [-0.2, 0) is 6.54 Å². The van der Waals surface area contributed by atoms with E-state index in [0.29, 0.717) is 6.54 Å². The Balaban J connectivity index is 1.81. The first-order chi connectivity index (χ1) is 9.76. The van der Waals surface area contributed by atoms with E-state index in [1.165, 1.54) is 4.70 Å². The molecule has 0 saturated heterocycles. The zero-order chi connectivity index (χ0) is 13.9. The molecule has 0 aliphatic rings. The highest BCUT2D eigenvalue weighted by molar-refractivity contribution is 7.18. The molecule has 0 bridgehead atoms. The van der Waals surface area contributed by atoms with E-state index >= 15 is 0 Å². The molecule has 0 fully saturated rings. The summed E-state index contributed by atoms with van der Waals surface area (Å²) in [6, 6.07) is 16.0. The summed E-state index contributed by atoms with van der Waals surface area (Å²) in [5.74, 6) is 0. The summed E-state index contributed by atoms with van der Waals surface area (Å²) in [5.41, 5.74) is 3.81. The van der Waals surface area contributed by atoms with E-state index in [4.69, 9.17) is 5.26 Å². The fourth-order valence-electron chi connectivity index (χ4n) is 2.13. The second-order valence-electron chi connectivity index (χ2n) is 4.54. The van der Waals surface area contributed by atoms with Gasteiger partial charge in [-0.2, -0.15) is 5.26 Å². The van der Waals surface area contributed by atoms with Crippen molar-refractivity contribution in [2.24, 2.45) is 0 Å². The van der Waals surface area contributed by atoms with Crippen molar-refractivity contribution in [3.05, 3.63) is 58.6 Å². The molecule has 1 aromatic heterocycles. The van der Waals surface area contributed by atoms with Crippen LogP contribution in [0, 0.1) is 18.3 Å². The minimum atomic E-state index is 0.646. The summed E-state index contributed by atoms with van der Waals surface area (Å²) in [6.07, 6.45) is 0. The number of nitrogens with one attached hydrogen (secondary N) is 1. The Kier molecular flexibility index (Phi) is 3.36. The van der Waals surface area contributed by atoms with Crippen molar-refractivity contribution >= 4 is 27.2 Å². The van der Waals surface area contributed by atoms with Crippen molar-refractivity contribution in [1.29, 1.82) is 5.26 Å². The molecule has 0 radical (unpaired) electrons. The van der Waals surface area contributed by atoms with Gasteiger partial charge in [0.25, 0.3) is 0 Å². The van der Waals surface area contributed by atoms with E-state index < -0.39 is 0 Å². The quantitative estimate of drug-likeness (QED) is 0.785. The van der Waals surface area contributed by atoms with E-state index in [9.17, 15) is 0 Å². The van der Waals surface area contributed by atoms with Gasteiger partial charge in [0.2, 0.25) is 0 Å². The van der Waals surface area contributed by atoms with Crippen molar-refractivity contribution in [3.63, 3.8) is 0 Å². The van der Waals surface area contributed by atoms with Gasteiger partial charge in [-0.15, -0.1) is 11.3 Å². The molecular weight excluding hydrogens is 266 g/mol. The fraction of sp³-hybridized carbons (Fsp3) is 0.125. The molecule has 0 amide bonds. The highest BCUT2D eigenvalue weighted by atomic mass is 32.1. The molecule has 0 atom stereocenters. The SMILES string of the molecule is Cc1nc2ccc(NCc3ccccc3C#N)cc2s1. The third kappa shape index (κ3) is 2.49. The minimum absolute atomic E-state index is 0.646. The van der Waals surface area contributed by atoms with Crippen LogP contribution < -0.4 is 5.32 Å². The lowest BCUT2D eigenvalue weighted by atomic mass is 10.1. The summed E-state index contributed by atoms with van der Waals surface area (Å²) in [7, 11) is 0. The van der Waals surface area contributed by atoms with Crippen molar-refractivity contribution in [2.45, 2.75) is 13.5 Å². The fourth-order valence-corrected chi connectivity index (χ4v) is 3.00. The molecule has 3 rings (SSSR count). The van der Waals surface area contributed by atoms with Crippen LogP contribution in [0.5, 0.6) is 0 Å². The second-order valence-corrected chi connectivity index (χ2v) is 5.77. The number of aryl methyl sites for hydroxylation is 1. The monoisotopic (exact) mass is 279 g/mol. The molecule has 1 N–H and O–H groups in total. The van der Waals surface area contributed by atoms with Crippen LogP contribution in [0.4, 0.5) is 5.69 Å². The Hall–Kier alpha value is -2.38. The first-order valence-electron chi connectivity index (χ1n) is 6.35. The van der Waals surface area contributed by atoms with Crippen molar-refractivity contribution in [2.75, 3.05) is 5.32 Å². The third-order valence-electron chi connectivity index (χ3n) is 3.12. The predicted octanol–water partition coefficient (Wildman–Crippen LogP) is 4.09. The standard InChI is InChI=1S/C16H13N3S/c1-11-19-15-7-6-14(8-16(15)20-11)18-10-13-5-3-2-4-12(13)9-17/h2-8,18H,10H2,1H3. The van der Waals surface area contributed by atoms with Crippen molar-refractivity contribution < 1.29 is 0 Å². The summed E-state index contributed by atoms with van der Waals surface area (Å²) < 4.78 is 1.18. The Labute approximate surface area is 121 Å². The van der Waals surface area contributed by atoms with E-state index in [2.05, 4.69) is 22.4 Å². The molecule has 0 spiro atoms. The lowest BCUT2D eigenvalue weighted by Crippen LogP contribution is -2.01. The van der Waals surface area contributed by atoms with Crippen LogP contribution in [0.25, 0.3) is 10.2 Å². The van der Waals surface area contributed by atoms with Crippen molar-refractivity contribution in [3.8, 4) is 6.07 Å². The third-order valence-corrected chi connectivity index (χ3v) is 4.05. The van der Waals surface area contributed by atoms with Gasteiger partial charge in [-0.25, -0.2) is 4.98 Å². The zero-order valence-corrected chi connectivity index (χ0v) is 11.9. The molecule has 0 aliphatic carbocycles. The Morgan fingerprint density at radius 2 is 2.10 bits per heavy atom. The number of hydrogen-bond acceptors (Lipinski definition) is 4. The van der Waals surface area contributed by atoms with Gasteiger partial charge >= 0.3 is 0 Å². The van der Waals surface area contributed by atoms with E-state index in [0.717, 1.165) is 27.3 Å². The first-order valence-corrected chi connectivity index (χ1v) is 7.17. The molecule has 0 aliphatic heterocycles. The largest absolute Gasteiger partial charge is 0.381 e. The maximum atomic E-state index is 9.08. The molecule has 2 aromatic carbocycles. The van der Waals surface area contributed by atoms with Gasteiger partial charge < -0.3 is 5.32 Å². The van der Waals surface area contributed by atoms with Crippen LogP contribution in [0.1, 0.15) is 16.1 Å². The minimum Gasteiger partial charge on any atom is -0.381 e.